The quantitative estimate of drug-likeness (QED) is 0.804. The maximum absolute atomic E-state index is 12.2. The lowest BCUT2D eigenvalue weighted by atomic mass is 10.1. The number of carbonyl (C=O) groups excluding carboxylic acids is 1. The summed E-state index contributed by atoms with van der Waals surface area (Å²) in [6, 6.07) is 10.6. The normalized spacial score (nSPS) is 10.3. The molecule has 3 N–H and O–H groups in total. The molecule has 0 spiro atoms. The van der Waals surface area contributed by atoms with Gasteiger partial charge in [0.1, 0.15) is 0 Å². The van der Waals surface area contributed by atoms with Crippen LogP contribution in [0.3, 0.4) is 0 Å². The molecule has 0 fully saturated rings. The van der Waals surface area contributed by atoms with Gasteiger partial charge < -0.3 is 11.1 Å². The largest absolute Gasteiger partial charge is 0.397 e. The van der Waals surface area contributed by atoms with Crippen LogP contribution in [-0.2, 0) is 0 Å². The van der Waals surface area contributed by atoms with Gasteiger partial charge >= 0.3 is 0 Å². The van der Waals surface area contributed by atoms with Gasteiger partial charge in [-0.2, -0.15) is 0 Å². The van der Waals surface area contributed by atoms with E-state index < -0.39 is 0 Å². The zero-order chi connectivity index (χ0) is 14.0. The highest BCUT2D eigenvalue weighted by molar-refractivity contribution is 9.10. The van der Waals surface area contributed by atoms with Gasteiger partial charge in [-0.3, -0.25) is 4.79 Å². The highest BCUT2D eigenvalue weighted by atomic mass is 79.9. The molecule has 0 bridgehead atoms. The van der Waals surface area contributed by atoms with Crippen LogP contribution in [0.5, 0.6) is 0 Å². The lowest BCUT2D eigenvalue weighted by Gasteiger charge is -2.10. The number of benzene rings is 2. The van der Waals surface area contributed by atoms with Crippen molar-refractivity contribution in [3.63, 3.8) is 0 Å². The molecule has 0 saturated carbocycles. The maximum Gasteiger partial charge on any atom is 0.257 e. The lowest BCUT2D eigenvalue weighted by Crippen LogP contribution is -2.14. The number of aryl methyl sites for hydroxylation is 1. The van der Waals surface area contributed by atoms with Crippen LogP contribution in [0.25, 0.3) is 0 Å². The van der Waals surface area contributed by atoms with E-state index in [-0.39, 0.29) is 5.91 Å². The van der Waals surface area contributed by atoms with Gasteiger partial charge in [-0.05, 0) is 36.8 Å². The zero-order valence-electron chi connectivity index (χ0n) is 10.2. The Labute approximate surface area is 124 Å². The molecule has 0 aromatic heterocycles. The van der Waals surface area contributed by atoms with E-state index in [0.717, 1.165) is 10.0 Å². The number of anilines is 2. The Bertz CT molecular complexity index is 643. The minimum atomic E-state index is -0.275. The molecule has 0 heterocycles. The van der Waals surface area contributed by atoms with Crippen LogP contribution in [0.4, 0.5) is 11.4 Å². The summed E-state index contributed by atoms with van der Waals surface area (Å²) in [7, 11) is 0. The van der Waals surface area contributed by atoms with Gasteiger partial charge in [0.15, 0.2) is 0 Å². The predicted octanol–water partition coefficient (Wildman–Crippen LogP) is 4.25. The van der Waals surface area contributed by atoms with Crippen LogP contribution in [0, 0.1) is 6.92 Å². The van der Waals surface area contributed by atoms with E-state index in [1.165, 1.54) is 0 Å². The molecular formula is C14H12BrClN2O. The van der Waals surface area contributed by atoms with Gasteiger partial charge in [0.25, 0.3) is 5.91 Å². The molecule has 5 heteroatoms. The highest BCUT2D eigenvalue weighted by Crippen LogP contribution is 2.25. The molecule has 0 atom stereocenters. The fraction of sp³-hybridized carbons (Fsp3) is 0.0714. The standard InChI is InChI=1S/C14H12BrClN2O/c1-8-3-2-4-10(13(8)16)14(19)18-12-6-5-9(15)7-11(12)17/h2-7H,17H2,1H3,(H,18,19). The van der Waals surface area contributed by atoms with Crippen molar-refractivity contribution in [2.75, 3.05) is 11.1 Å². The third kappa shape index (κ3) is 3.08. The fourth-order valence-electron chi connectivity index (χ4n) is 1.66. The molecule has 3 nitrogen and oxygen atoms in total. The Morgan fingerprint density at radius 1 is 1.32 bits per heavy atom. The molecular weight excluding hydrogens is 328 g/mol. The SMILES string of the molecule is Cc1cccc(C(=O)Nc2ccc(Br)cc2N)c1Cl. The van der Waals surface area contributed by atoms with Crippen LogP contribution in [0.2, 0.25) is 5.02 Å². The second-order valence-corrected chi connectivity index (χ2v) is 5.42. The Balaban J connectivity index is 2.28. The first kappa shape index (κ1) is 13.9. The summed E-state index contributed by atoms with van der Waals surface area (Å²) >= 11 is 9.43. The molecule has 98 valence electrons. The van der Waals surface area contributed by atoms with E-state index >= 15 is 0 Å². The van der Waals surface area contributed by atoms with Crippen LogP contribution >= 0.6 is 27.5 Å². The minimum absolute atomic E-state index is 0.275. The molecule has 2 aromatic rings. The monoisotopic (exact) mass is 338 g/mol. The van der Waals surface area contributed by atoms with Crippen molar-refractivity contribution in [3.05, 3.63) is 57.0 Å². The third-order valence-corrected chi connectivity index (χ3v) is 3.69. The summed E-state index contributed by atoms with van der Waals surface area (Å²) < 4.78 is 0.858. The number of hydrogen-bond acceptors (Lipinski definition) is 2. The van der Waals surface area contributed by atoms with E-state index in [0.29, 0.717) is 22.0 Å². The third-order valence-electron chi connectivity index (χ3n) is 2.70. The van der Waals surface area contributed by atoms with E-state index in [4.69, 9.17) is 17.3 Å². The first-order valence-electron chi connectivity index (χ1n) is 5.60. The van der Waals surface area contributed by atoms with Gasteiger partial charge in [0, 0.05) is 4.47 Å². The van der Waals surface area contributed by atoms with E-state index in [1.54, 1.807) is 24.3 Å². The average molecular weight is 340 g/mol. The predicted molar refractivity (Wildman–Crippen MR) is 82.7 cm³/mol. The number of rotatable bonds is 2. The lowest BCUT2D eigenvalue weighted by molar-refractivity contribution is 0.102. The number of hydrogen-bond donors (Lipinski definition) is 2. The van der Waals surface area contributed by atoms with Crippen molar-refractivity contribution in [2.45, 2.75) is 6.92 Å². The Morgan fingerprint density at radius 2 is 2.05 bits per heavy atom. The van der Waals surface area contributed by atoms with Crippen LogP contribution < -0.4 is 11.1 Å². The number of carbonyl (C=O) groups is 1. The van der Waals surface area contributed by atoms with Gasteiger partial charge in [-0.1, -0.05) is 39.7 Å². The van der Waals surface area contributed by atoms with Crippen LogP contribution in [-0.4, -0.2) is 5.91 Å². The van der Waals surface area contributed by atoms with Crippen molar-refractivity contribution in [1.82, 2.24) is 0 Å². The maximum atomic E-state index is 12.2. The first-order valence-corrected chi connectivity index (χ1v) is 6.77. The molecule has 0 aliphatic carbocycles. The van der Waals surface area contributed by atoms with E-state index in [9.17, 15) is 4.79 Å². The van der Waals surface area contributed by atoms with Crippen molar-refractivity contribution >= 4 is 44.8 Å². The summed E-state index contributed by atoms with van der Waals surface area (Å²) in [5, 5.41) is 3.21. The molecule has 2 aromatic carbocycles. The van der Waals surface area contributed by atoms with Crippen LogP contribution in [0.15, 0.2) is 40.9 Å². The van der Waals surface area contributed by atoms with Crippen molar-refractivity contribution in [2.24, 2.45) is 0 Å². The van der Waals surface area contributed by atoms with E-state index in [2.05, 4.69) is 21.2 Å². The van der Waals surface area contributed by atoms with Gasteiger partial charge in [0.2, 0.25) is 0 Å². The molecule has 0 aliphatic rings. The summed E-state index contributed by atoms with van der Waals surface area (Å²) in [5.74, 6) is -0.275. The Morgan fingerprint density at radius 3 is 2.74 bits per heavy atom. The average Bonchev–Trinajstić information content (AvgIpc) is 2.36. The van der Waals surface area contributed by atoms with Gasteiger partial charge in [-0.25, -0.2) is 0 Å². The molecule has 1 amide bonds. The fourth-order valence-corrected chi connectivity index (χ4v) is 2.25. The summed E-state index contributed by atoms with van der Waals surface area (Å²) in [4.78, 5) is 12.2. The summed E-state index contributed by atoms with van der Waals surface area (Å²) in [6.45, 7) is 1.85. The molecule has 2 rings (SSSR count). The molecule has 19 heavy (non-hydrogen) atoms. The topological polar surface area (TPSA) is 55.1 Å². The van der Waals surface area contributed by atoms with Crippen LogP contribution in [0.1, 0.15) is 15.9 Å². The number of halogens is 2. The van der Waals surface area contributed by atoms with E-state index in [1.807, 2.05) is 19.1 Å². The second kappa shape index (κ2) is 5.63. The molecule has 0 unspecified atom stereocenters. The molecule has 0 radical (unpaired) electrons. The molecule has 0 saturated heterocycles. The Kier molecular flexibility index (Phi) is 4.12. The zero-order valence-corrected chi connectivity index (χ0v) is 12.5. The summed E-state index contributed by atoms with van der Waals surface area (Å²) in [5.41, 5.74) is 8.18. The van der Waals surface area contributed by atoms with Gasteiger partial charge in [-0.15, -0.1) is 0 Å². The minimum Gasteiger partial charge on any atom is -0.397 e. The van der Waals surface area contributed by atoms with Crippen molar-refractivity contribution in [3.8, 4) is 0 Å². The Hall–Kier alpha value is -1.52. The number of nitrogen functional groups attached to an aromatic ring is 1. The highest BCUT2D eigenvalue weighted by Gasteiger charge is 2.13. The first-order chi connectivity index (χ1) is 8.99. The summed E-state index contributed by atoms with van der Waals surface area (Å²) in [6.07, 6.45) is 0. The number of amides is 1. The smallest absolute Gasteiger partial charge is 0.257 e. The van der Waals surface area contributed by atoms with Crippen molar-refractivity contribution in [1.29, 1.82) is 0 Å². The van der Waals surface area contributed by atoms with Crippen molar-refractivity contribution < 1.29 is 4.79 Å². The second-order valence-electron chi connectivity index (χ2n) is 4.12. The number of nitrogens with two attached hydrogens (primary N) is 1. The molecule has 0 aliphatic heterocycles. The number of nitrogens with one attached hydrogen (secondary N) is 1. The van der Waals surface area contributed by atoms with Gasteiger partial charge in [0.05, 0.1) is 22.0 Å².